The Labute approximate surface area is 211 Å². The molecule has 9 nitrogen and oxygen atoms in total. The average Bonchev–Trinajstić information content (AvgIpc) is 3.32. The molecule has 2 aromatic rings. The van der Waals surface area contributed by atoms with E-state index in [0.717, 1.165) is 87.6 Å². The van der Waals surface area contributed by atoms with Gasteiger partial charge in [-0.3, -0.25) is 19.7 Å². The molecule has 192 valence electrons. The van der Waals surface area contributed by atoms with Crippen molar-refractivity contribution in [3.63, 3.8) is 0 Å². The molecule has 2 amide bonds. The summed E-state index contributed by atoms with van der Waals surface area (Å²) in [5, 5.41) is 7.09. The Balaban J connectivity index is 1.21. The predicted molar refractivity (Wildman–Crippen MR) is 136 cm³/mol. The summed E-state index contributed by atoms with van der Waals surface area (Å²) in [5.74, 6) is 0.210. The van der Waals surface area contributed by atoms with Gasteiger partial charge in [-0.25, -0.2) is 4.98 Å². The highest BCUT2D eigenvalue weighted by molar-refractivity contribution is 6.01. The summed E-state index contributed by atoms with van der Waals surface area (Å²) >= 11 is 0. The van der Waals surface area contributed by atoms with E-state index in [4.69, 9.17) is 4.98 Å². The number of rotatable bonds is 3. The number of aromatic nitrogens is 3. The lowest BCUT2D eigenvalue weighted by Crippen LogP contribution is -2.48. The van der Waals surface area contributed by atoms with Gasteiger partial charge in [0.05, 0.1) is 17.5 Å². The van der Waals surface area contributed by atoms with Crippen LogP contribution in [-0.2, 0) is 15.1 Å². The van der Waals surface area contributed by atoms with Gasteiger partial charge in [0.15, 0.2) is 5.78 Å². The monoisotopic (exact) mass is 492 g/mol. The van der Waals surface area contributed by atoms with E-state index in [2.05, 4.69) is 20.2 Å². The minimum absolute atomic E-state index is 0.0154. The first-order chi connectivity index (χ1) is 17.5. The topological polar surface area (TPSA) is 109 Å². The van der Waals surface area contributed by atoms with Gasteiger partial charge in [0.1, 0.15) is 5.65 Å². The molecule has 2 unspecified atom stereocenters. The molecule has 1 saturated carbocycles. The lowest BCUT2D eigenvalue weighted by Gasteiger charge is -2.42. The van der Waals surface area contributed by atoms with Gasteiger partial charge in [0, 0.05) is 43.2 Å². The summed E-state index contributed by atoms with van der Waals surface area (Å²) in [6.45, 7) is 2.86. The molecule has 2 atom stereocenters. The largest absolute Gasteiger partial charge is 0.342 e. The fourth-order valence-electron chi connectivity index (χ4n) is 6.93. The third-order valence-corrected chi connectivity index (χ3v) is 8.89. The lowest BCUT2D eigenvalue weighted by molar-refractivity contribution is -0.139. The zero-order valence-electron chi connectivity index (χ0n) is 20.9. The number of hydrogen-bond donors (Lipinski definition) is 2. The van der Waals surface area contributed by atoms with Crippen LogP contribution in [-0.4, -0.2) is 63.2 Å². The summed E-state index contributed by atoms with van der Waals surface area (Å²) < 4.78 is 2.17. The maximum absolute atomic E-state index is 13.2. The molecule has 1 spiro atoms. The molecule has 3 aliphatic heterocycles. The highest BCUT2D eigenvalue weighted by atomic mass is 16.2. The van der Waals surface area contributed by atoms with Crippen LogP contribution >= 0.6 is 0 Å². The number of nitrogens with one attached hydrogen (secondary N) is 2. The van der Waals surface area contributed by atoms with Gasteiger partial charge >= 0.3 is 0 Å². The number of carbonyl (C=O) groups excluding carboxylic acids is 3. The third-order valence-electron chi connectivity index (χ3n) is 8.89. The first-order valence-corrected chi connectivity index (χ1v) is 13.8. The highest BCUT2D eigenvalue weighted by Gasteiger charge is 2.41. The van der Waals surface area contributed by atoms with Crippen LogP contribution in [0.25, 0.3) is 11.0 Å². The number of anilines is 1. The van der Waals surface area contributed by atoms with E-state index >= 15 is 0 Å². The fourth-order valence-corrected chi connectivity index (χ4v) is 6.93. The molecule has 2 saturated heterocycles. The maximum atomic E-state index is 13.2. The number of nitrogens with zero attached hydrogens (tertiary/aromatic N) is 4. The van der Waals surface area contributed by atoms with Crippen molar-refractivity contribution in [3.05, 3.63) is 18.0 Å². The molecule has 0 bridgehead atoms. The smallest absolute Gasteiger partial charge is 0.231 e. The van der Waals surface area contributed by atoms with Crippen molar-refractivity contribution in [2.75, 3.05) is 31.5 Å². The average molecular weight is 493 g/mol. The molecule has 2 N–H and O–H groups in total. The number of piperidine rings is 2. The second kappa shape index (κ2) is 9.57. The van der Waals surface area contributed by atoms with Crippen LogP contribution in [0.4, 0.5) is 5.95 Å². The number of carbonyl (C=O) groups is 3. The molecule has 2 aromatic heterocycles. The van der Waals surface area contributed by atoms with Crippen molar-refractivity contribution in [3.8, 4) is 0 Å². The van der Waals surface area contributed by atoms with E-state index in [1.807, 2.05) is 11.0 Å². The van der Waals surface area contributed by atoms with E-state index in [9.17, 15) is 14.4 Å². The van der Waals surface area contributed by atoms with Crippen molar-refractivity contribution in [2.24, 2.45) is 11.8 Å². The van der Waals surface area contributed by atoms with Crippen LogP contribution in [0.1, 0.15) is 81.1 Å². The molecule has 9 heteroatoms. The van der Waals surface area contributed by atoms with Crippen molar-refractivity contribution in [2.45, 2.75) is 76.2 Å². The van der Waals surface area contributed by atoms with E-state index in [-0.39, 0.29) is 40.9 Å². The Morgan fingerprint density at radius 1 is 1.06 bits per heavy atom. The molecule has 5 heterocycles. The summed E-state index contributed by atoms with van der Waals surface area (Å²) in [6, 6.07) is 1.92. The van der Waals surface area contributed by atoms with Crippen molar-refractivity contribution >= 4 is 34.6 Å². The zero-order chi connectivity index (χ0) is 24.7. The van der Waals surface area contributed by atoms with E-state index in [1.165, 1.54) is 6.42 Å². The minimum atomic E-state index is -0.272. The maximum Gasteiger partial charge on any atom is 0.231 e. The van der Waals surface area contributed by atoms with Crippen LogP contribution in [0.3, 0.4) is 0 Å². The molecule has 1 aliphatic carbocycles. The first kappa shape index (κ1) is 23.6. The Morgan fingerprint density at radius 2 is 1.89 bits per heavy atom. The molecule has 4 aliphatic rings. The molecule has 3 fully saturated rings. The number of Topliss-reactive ketones (excluding diaryl/α,β-unsaturated/α-hetero) is 1. The van der Waals surface area contributed by atoms with E-state index in [0.29, 0.717) is 19.5 Å². The second-order valence-electron chi connectivity index (χ2n) is 11.2. The molecule has 0 radical (unpaired) electrons. The second-order valence-corrected chi connectivity index (χ2v) is 11.2. The Hall–Kier alpha value is -2.81. The van der Waals surface area contributed by atoms with Gasteiger partial charge in [-0.05, 0) is 57.6 Å². The van der Waals surface area contributed by atoms with Crippen molar-refractivity contribution in [1.82, 2.24) is 24.8 Å². The number of fused-ring (bicyclic) bond motifs is 4. The normalized spacial score (nSPS) is 26.1. The van der Waals surface area contributed by atoms with Gasteiger partial charge in [0.25, 0.3) is 0 Å². The standard InChI is InChI=1S/C27H36N6O3/c34-22-8-11-27(9-2-1-3-10-27)33-21(22)14-20-16-29-26(30-23(20)33)31-24(35)19-7-5-13-32(17-19)25(36)18-6-4-12-28-15-18/h14,16,18-19,28H,1-13,15,17H2,(H,29,30,31,35). The number of amides is 2. The molecule has 6 rings (SSSR count). The predicted octanol–water partition coefficient (Wildman–Crippen LogP) is 3.24. The fraction of sp³-hybridized carbons (Fsp3) is 0.667. The SMILES string of the molecule is O=C1CCC2(CCCCC2)n2c1cc1cnc(NC(=O)C3CCCN(C(=O)C4CCCNC4)C3)nc12. The highest BCUT2D eigenvalue weighted by Crippen LogP contribution is 2.45. The van der Waals surface area contributed by atoms with Crippen LogP contribution in [0.5, 0.6) is 0 Å². The number of hydrogen-bond acceptors (Lipinski definition) is 6. The summed E-state index contributed by atoms with van der Waals surface area (Å²) in [5.41, 5.74) is 1.42. The summed E-state index contributed by atoms with van der Waals surface area (Å²) in [6.07, 6.45) is 12.3. The Morgan fingerprint density at radius 3 is 2.69 bits per heavy atom. The number of ketones is 1. The zero-order valence-corrected chi connectivity index (χ0v) is 20.9. The van der Waals surface area contributed by atoms with E-state index in [1.54, 1.807) is 6.20 Å². The first-order valence-electron chi connectivity index (χ1n) is 13.8. The number of likely N-dealkylation sites (tertiary alicyclic amines) is 1. The van der Waals surface area contributed by atoms with Gasteiger partial charge in [-0.1, -0.05) is 19.3 Å². The molecular formula is C27H36N6O3. The van der Waals surface area contributed by atoms with Crippen molar-refractivity contribution < 1.29 is 14.4 Å². The van der Waals surface area contributed by atoms with Gasteiger partial charge in [-0.15, -0.1) is 0 Å². The van der Waals surface area contributed by atoms with E-state index < -0.39 is 0 Å². The quantitative estimate of drug-likeness (QED) is 0.681. The van der Waals surface area contributed by atoms with Gasteiger partial charge in [0.2, 0.25) is 17.8 Å². The van der Waals surface area contributed by atoms with Crippen LogP contribution in [0.15, 0.2) is 12.3 Å². The third kappa shape index (κ3) is 4.21. The van der Waals surface area contributed by atoms with Crippen molar-refractivity contribution in [1.29, 1.82) is 0 Å². The minimum Gasteiger partial charge on any atom is -0.342 e. The molecule has 36 heavy (non-hydrogen) atoms. The van der Waals surface area contributed by atoms with Gasteiger partial charge in [-0.2, -0.15) is 4.98 Å². The molecular weight excluding hydrogens is 456 g/mol. The summed E-state index contributed by atoms with van der Waals surface area (Å²) in [4.78, 5) is 50.1. The van der Waals surface area contributed by atoms with Gasteiger partial charge < -0.3 is 14.8 Å². The van der Waals surface area contributed by atoms with Crippen LogP contribution < -0.4 is 10.6 Å². The summed E-state index contributed by atoms with van der Waals surface area (Å²) in [7, 11) is 0. The Bertz CT molecular complexity index is 1180. The lowest BCUT2D eigenvalue weighted by atomic mass is 9.75. The molecule has 0 aromatic carbocycles. The van der Waals surface area contributed by atoms with Crippen LogP contribution in [0, 0.1) is 11.8 Å². The van der Waals surface area contributed by atoms with Crippen LogP contribution in [0.2, 0.25) is 0 Å². The Kier molecular flexibility index (Phi) is 6.27.